The predicted molar refractivity (Wildman–Crippen MR) is 89.2 cm³/mol. The predicted octanol–water partition coefficient (Wildman–Crippen LogP) is 1.28. The van der Waals surface area contributed by atoms with Crippen LogP contribution in [0, 0.1) is 17.3 Å². The number of hydrogen-bond acceptors (Lipinski definition) is 6. The van der Waals surface area contributed by atoms with Crippen LogP contribution in [-0.4, -0.2) is 46.1 Å². The molecule has 1 saturated carbocycles. The summed E-state index contributed by atoms with van der Waals surface area (Å²) in [5.74, 6) is -2.23. The van der Waals surface area contributed by atoms with Gasteiger partial charge in [-0.1, -0.05) is 32.2 Å². The summed E-state index contributed by atoms with van der Waals surface area (Å²) in [7, 11) is 0. The highest BCUT2D eigenvalue weighted by Gasteiger charge is 2.65. The zero-order valence-corrected chi connectivity index (χ0v) is 14.7. The fourth-order valence-electron chi connectivity index (χ4n) is 4.65. The van der Waals surface area contributed by atoms with Crippen LogP contribution in [0.3, 0.4) is 0 Å². The molecule has 1 aliphatic heterocycles. The number of carbonyl (C=O) groups is 2. The highest BCUT2D eigenvalue weighted by atomic mass is 16.6. The maximum atomic E-state index is 12.1. The molecule has 2 fully saturated rings. The molecular weight excluding hydrogens is 324 g/mol. The summed E-state index contributed by atoms with van der Waals surface area (Å²) in [6, 6.07) is 0. The molecule has 136 valence electrons. The third-order valence-corrected chi connectivity index (χ3v) is 5.87. The molecule has 0 aromatic rings. The van der Waals surface area contributed by atoms with Crippen molar-refractivity contribution in [2.24, 2.45) is 17.3 Å². The van der Waals surface area contributed by atoms with Crippen molar-refractivity contribution in [3.63, 3.8) is 0 Å². The second kappa shape index (κ2) is 5.54. The molecule has 0 spiro atoms. The third-order valence-electron chi connectivity index (χ3n) is 5.87. The topological polar surface area (TPSA) is 93.1 Å². The Kier molecular flexibility index (Phi) is 3.96. The van der Waals surface area contributed by atoms with Gasteiger partial charge in [0.15, 0.2) is 0 Å². The monoisotopic (exact) mass is 348 g/mol. The van der Waals surface area contributed by atoms with Crippen LogP contribution in [-0.2, 0) is 19.1 Å². The summed E-state index contributed by atoms with van der Waals surface area (Å²) >= 11 is 0. The number of carbonyl (C=O) groups excluding carboxylic acids is 2. The Morgan fingerprint density at radius 2 is 2.08 bits per heavy atom. The van der Waals surface area contributed by atoms with E-state index in [1.165, 1.54) is 6.08 Å². The quantitative estimate of drug-likeness (QED) is 0.444. The summed E-state index contributed by atoms with van der Waals surface area (Å²) in [4.78, 5) is 24.2. The molecule has 1 saturated heterocycles. The van der Waals surface area contributed by atoms with Crippen LogP contribution in [0.25, 0.3) is 0 Å². The SMILES string of the molecule is C=C(C)C(=O)OC1CC2(C)C(O)C=CC(C)(O)C2C2OC(=O)C(=C)C12. The summed E-state index contributed by atoms with van der Waals surface area (Å²) in [5.41, 5.74) is -1.63. The van der Waals surface area contributed by atoms with Gasteiger partial charge in [-0.2, -0.15) is 0 Å². The maximum absolute atomic E-state index is 12.1. The van der Waals surface area contributed by atoms with Gasteiger partial charge in [-0.3, -0.25) is 0 Å². The molecule has 3 rings (SSSR count). The Labute approximate surface area is 146 Å². The van der Waals surface area contributed by atoms with Gasteiger partial charge in [0.05, 0.1) is 17.6 Å². The average molecular weight is 348 g/mol. The summed E-state index contributed by atoms with van der Waals surface area (Å²) in [6.45, 7) is 12.4. The highest BCUT2D eigenvalue weighted by Crippen LogP contribution is 2.57. The second-order valence-corrected chi connectivity index (χ2v) is 7.86. The number of aliphatic hydroxyl groups excluding tert-OH is 1. The standard InChI is InChI=1S/C19H24O6/c1-9(2)16(21)24-11-8-18(4)12(20)6-7-19(5,23)15(18)14-13(11)10(3)17(22)25-14/h6-7,11-15,20,23H,1,3,8H2,2,4-5H3. The minimum Gasteiger partial charge on any atom is -0.458 e. The number of ether oxygens (including phenoxy) is 2. The van der Waals surface area contributed by atoms with Crippen molar-refractivity contribution in [1.82, 2.24) is 0 Å². The molecule has 6 nitrogen and oxygen atoms in total. The lowest BCUT2D eigenvalue weighted by Gasteiger charge is -2.56. The van der Waals surface area contributed by atoms with Crippen molar-refractivity contribution in [2.45, 2.75) is 51.1 Å². The molecule has 2 aliphatic carbocycles. The molecule has 3 aliphatic rings. The van der Waals surface area contributed by atoms with Gasteiger partial charge < -0.3 is 19.7 Å². The van der Waals surface area contributed by atoms with Gasteiger partial charge in [0.1, 0.15) is 12.2 Å². The van der Waals surface area contributed by atoms with Gasteiger partial charge in [-0.05, 0) is 20.3 Å². The van der Waals surface area contributed by atoms with E-state index >= 15 is 0 Å². The zero-order valence-electron chi connectivity index (χ0n) is 14.7. The fourth-order valence-corrected chi connectivity index (χ4v) is 4.65. The molecular formula is C19H24O6. The number of aliphatic hydroxyl groups is 2. The minimum absolute atomic E-state index is 0.228. The zero-order chi connectivity index (χ0) is 18.7. The van der Waals surface area contributed by atoms with Gasteiger partial charge in [-0.15, -0.1) is 0 Å². The van der Waals surface area contributed by atoms with Gasteiger partial charge >= 0.3 is 11.9 Å². The first-order chi connectivity index (χ1) is 11.5. The van der Waals surface area contributed by atoms with E-state index in [1.807, 2.05) is 6.92 Å². The minimum atomic E-state index is -1.27. The summed E-state index contributed by atoms with van der Waals surface area (Å²) in [5, 5.41) is 21.5. The Morgan fingerprint density at radius 3 is 2.68 bits per heavy atom. The van der Waals surface area contributed by atoms with Crippen molar-refractivity contribution in [2.75, 3.05) is 0 Å². The van der Waals surface area contributed by atoms with Gasteiger partial charge in [-0.25, -0.2) is 9.59 Å². The molecule has 0 radical (unpaired) electrons. The highest BCUT2D eigenvalue weighted by molar-refractivity contribution is 5.91. The lowest BCUT2D eigenvalue weighted by Crippen LogP contribution is -2.63. The first kappa shape index (κ1) is 17.9. The number of rotatable bonds is 2. The molecule has 2 N–H and O–H groups in total. The van der Waals surface area contributed by atoms with Crippen molar-refractivity contribution in [1.29, 1.82) is 0 Å². The van der Waals surface area contributed by atoms with Crippen molar-refractivity contribution in [3.8, 4) is 0 Å². The van der Waals surface area contributed by atoms with E-state index in [0.29, 0.717) is 0 Å². The van der Waals surface area contributed by atoms with Crippen LogP contribution in [0.4, 0.5) is 0 Å². The van der Waals surface area contributed by atoms with Crippen LogP contribution < -0.4 is 0 Å². The Bertz CT molecular complexity index is 690. The molecule has 1 heterocycles. The first-order valence-corrected chi connectivity index (χ1v) is 8.35. The maximum Gasteiger partial charge on any atom is 0.334 e. The van der Waals surface area contributed by atoms with E-state index in [9.17, 15) is 19.8 Å². The van der Waals surface area contributed by atoms with Crippen LogP contribution in [0.5, 0.6) is 0 Å². The van der Waals surface area contributed by atoms with Crippen molar-refractivity contribution in [3.05, 3.63) is 36.5 Å². The molecule has 6 heteroatoms. The summed E-state index contributed by atoms with van der Waals surface area (Å²) < 4.78 is 11.1. The van der Waals surface area contributed by atoms with Crippen LogP contribution >= 0.6 is 0 Å². The fraction of sp³-hybridized carbons (Fsp3) is 0.579. The Hall–Kier alpha value is -1.92. The third kappa shape index (κ3) is 2.55. The van der Waals surface area contributed by atoms with Gasteiger partial charge in [0, 0.05) is 22.5 Å². The van der Waals surface area contributed by atoms with E-state index < -0.39 is 53.1 Å². The van der Waals surface area contributed by atoms with Crippen LogP contribution in [0.1, 0.15) is 27.2 Å². The number of esters is 2. The van der Waals surface area contributed by atoms with Crippen molar-refractivity contribution >= 4 is 11.9 Å². The van der Waals surface area contributed by atoms with Crippen LogP contribution in [0.15, 0.2) is 36.5 Å². The van der Waals surface area contributed by atoms with Gasteiger partial charge in [0.2, 0.25) is 0 Å². The second-order valence-electron chi connectivity index (χ2n) is 7.86. The molecule has 0 amide bonds. The Balaban J connectivity index is 2.06. The number of fused-ring (bicyclic) bond motifs is 3. The van der Waals surface area contributed by atoms with Crippen LogP contribution in [0.2, 0.25) is 0 Å². The first-order valence-electron chi connectivity index (χ1n) is 8.35. The van der Waals surface area contributed by atoms with Crippen molar-refractivity contribution < 1.29 is 29.3 Å². The lowest BCUT2D eigenvalue weighted by atomic mass is 9.52. The van der Waals surface area contributed by atoms with E-state index in [2.05, 4.69) is 13.2 Å². The summed E-state index contributed by atoms with van der Waals surface area (Å²) in [6.07, 6.45) is 1.07. The van der Waals surface area contributed by atoms with E-state index in [4.69, 9.17) is 9.47 Å². The Morgan fingerprint density at radius 1 is 1.44 bits per heavy atom. The normalized spacial score (nSPS) is 45.4. The molecule has 7 atom stereocenters. The van der Waals surface area contributed by atoms with Gasteiger partial charge in [0.25, 0.3) is 0 Å². The molecule has 7 unspecified atom stereocenters. The molecule has 25 heavy (non-hydrogen) atoms. The molecule has 0 aromatic carbocycles. The van der Waals surface area contributed by atoms with E-state index in [-0.39, 0.29) is 17.6 Å². The lowest BCUT2D eigenvalue weighted by molar-refractivity contribution is -0.200. The smallest absolute Gasteiger partial charge is 0.334 e. The molecule has 0 bridgehead atoms. The van der Waals surface area contributed by atoms with E-state index in [0.717, 1.165) is 0 Å². The number of hydrogen-bond donors (Lipinski definition) is 2. The average Bonchev–Trinajstić information content (AvgIpc) is 2.78. The van der Waals surface area contributed by atoms with E-state index in [1.54, 1.807) is 19.9 Å². The largest absolute Gasteiger partial charge is 0.458 e. The molecule has 0 aromatic heterocycles.